The number of hydrogen-bond acceptors (Lipinski definition) is 4. The first kappa shape index (κ1) is 11.6. The van der Waals surface area contributed by atoms with Gasteiger partial charge in [0, 0.05) is 5.39 Å². The van der Waals surface area contributed by atoms with Gasteiger partial charge in [-0.2, -0.15) is 0 Å². The fourth-order valence-corrected chi connectivity index (χ4v) is 1.98. The van der Waals surface area contributed by atoms with Crippen molar-refractivity contribution in [2.24, 2.45) is 0 Å². The van der Waals surface area contributed by atoms with Gasteiger partial charge in [0.1, 0.15) is 5.52 Å². The highest BCUT2D eigenvalue weighted by Crippen LogP contribution is 2.21. The van der Waals surface area contributed by atoms with Gasteiger partial charge in [0.05, 0.1) is 23.3 Å². The van der Waals surface area contributed by atoms with Crippen molar-refractivity contribution in [1.82, 2.24) is 15.0 Å². The molecular weight excluding hydrogens is 242 g/mol. The number of fused-ring (bicyclic) bond motifs is 3. The maximum atomic E-state index is 11.8. The summed E-state index contributed by atoms with van der Waals surface area (Å²) in [6.07, 6.45) is 1.48. The first-order valence-electron chi connectivity index (χ1n) is 6.09. The maximum Gasteiger partial charge on any atom is 0.374 e. The number of aromatic amines is 1. The SMILES string of the molecule is CC(C)OC(=O)c1nc2cnc3ccccc3c2[nH]1. The molecule has 1 N–H and O–H groups in total. The third-order valence-electron chi connectivity index (χ3n) is 2.77. The summed E-state index contributed by atoms with van der Waals surface area (Å²) in [7, 11) is 0. The highest BCUT2D eigenvalue weighted by Gasteiger charge is 2.15. The summed E-state index contributed by atoms with van der Waals surface area (Å²) >= 11 is 0. The Balaban J connectivity index is 2.15. The molecule has 19 heavy (non-hydrogen) atoms. The quantitative estimate of drug-likeness (QED) is 0.715. The van der Waals surface area contributed by atoms with Gasteiger partial charge in [-0.05, 0) is 19.9 Å². The lowest BCUT2D eigenvalue weighted by molar-refractivity contribution is 0.0365. The van der Waals surface area contributed by atoms with Crippen LogP contribution in [0.4, 0.5) is 0 Å². The number of nitrogens with one attached hydrogen (secondary N) is 1. The van der Waals surface area contributed by atoms with Crippen molar-refractivity contribution in [3.05, 3.63) is 36.3 Å². The predicted octanol–water partition coefficient (Wildman–Crippen LogP) is 2.68. The molecule has 0 aliphatic heterocycles. The molecule has 0 unspecified atom stereocenters. The number of hydrogen-bond donors (Lipinski definition) is 1. The number of esters is 1. The molecule has 0 aliphatic carbocycles. The molecule has 5 heteroatoms. The van der Waals surface area contributed by atoms with E-state index >= 15 is 0 Å². The Kier molecular flexibility index (Phi) is 2.67. The molecule has 0 atom stereocenters. The highest BCUT2D eigenvalue weighted by atomic mass is 16.5. The van der Waals surface area contributed by atoms with Crippen molar-refractivity contribution in [2.45, 2.75) is 20.0 Å². The van der Waals surface area contributed by atoms with Gasteiger partial charge >= 0.3 is 5.97 Å². The monoisotopic (exact) mass is 255 g/mol. The van der Waals surface area contributed by atoms with E-state index < -0.39 is 5.97 Å². The average Bonchev–Trinajstić information content (AvgIpc) is 2.82. The van der Waals surface area contributed by atoms with E-state index in [1.165, 1.54) is 0 Å². The maximum absolute atomic E-state index is 11.8. The van der Waals surface area contributed by atoms with E-state index in [9.17, 15) is 4.79 Å². The van der Waals surface area contributed by atoms with Crippen LogP contribution in [0.25, 0.3) is 21.9 Å². The molecule has 0 amide bonds. The Morgan fingerprint density at radius 2 is 2.05 bits per heavy atom. The van der Waals surface area contributed by atoms with E-state index in [2.05, 4.69) is 15.0 Å². The molecule has 3 aromatic rings. The molecule has 1 aromatic carbocycles. The van der Waals surface area contributed by atoms with Crippen LogP contribution >= 0.6 is 0 Å². The third-order valence-corrected chi connectivity index (χ3v) is 2.77. The zero-order valence-corrected chi connectivity index (χ0v) is 10.7. The van der Waals surface area contributed by atoms with Crippen LogP contribution in [0, 0.1) is 0 Å². The number of carbonyl (C=O) groups excluding carboxylic acids is 1. The Morgan fingerprint density at radius 1 is 1.26 bits per heavy atom. The first-order chi connectivity index (χ1) is 9.15. The number of nitrogens with zero attached hydrogens (tertiary/aromatic N) is 2. The van der Waals surface area contributed by atoms with Crippen LogP contribution in [0.5, 0.6) is 0 Å². The minimum atomic E-state index is -0.449. The number of pyridine rings is 1. The van der Waals surface area contributed by atoms with E-state index in [-0.39, 0.29) is 11.9 Å². The van der Waals surface area contributed by atoms with E-state index in [1.807, 2.05) is 24.3 Å². The molecular formula is C14H13N3O2. The summed E-state index contributed by atoms with van der Waals surface area (Å²) < 4.78 is 5.12. The lowest BCUT2D eigenvalue weighted by Crippen LogP contribution is -2.12. The number of H-pyrrole nitrogens is 1. The third kappa shape index (κ3) is 2.03. The summed E-state index contributed by atoms with van der Waals surface area (Å²) in [5.74, 6) is -0.239. The molecule has 0 bridgehead atoms. The zero-order chi connectivity index (χ0) is 13.4. The van der Waals surface area contributed by atoms with Crippen LogP contribution in [0.2, 0.25) is 0 Å². The minimum Gasteiger partial charge on any atom is -0.457 e. The normalized spacial score (nSPS) is 11.3. The molecule has 2 heterocycles. The molecule has 0 fully saturated rings. The van der Waals surface area contributed by atoms with E-state index in [4.69, 9.17) is 4.74 Å². The van der Waals surface area contributed by atoms with Gasteiger partial charge in [0.15, 0.2) is 0 Å². The van der Waals surface area contributed by atoms with Crippen molar-refractivity contribution in [3.63, 3.8) is 0 Å². The predicted molar refractivity (Wildman–Crippen MR) is 71.9 cm³/mol. The van der Waals surface area contributed by atoms with Gasteiger partial charge in [0.2, 0.25) is 5.82 Å². The Bertz CT molecular complexity index is 762. The number of carbonyl (C=O) groups is 1. The summed E-state index contributed by atoms with van der Waals surface area (Å²) in [5, 5.41) is 0.941. The smallest absolute Gasteiger partial charge is 0.374 e. The van der Waals surface area contributed by atoms with Crippen LogP contribution in [-0.2, 0) is 4.74 Å². The lowest BCUT2D eigenvalue weighted by atomic mass is 10.2. The second-order valence-corrected chi connectivity index (χ2v) is 4.58. The Hall–Kier alpha value is -2.43. The fourth-order valence-electron chi connectivity index (χ4n) is 1.98. The number of aromatic nitrogens is 3. The number of para-hydroxylation sites is 1. The molecule has 3 rings (SSSR count). The Morgan fingerprint density at radius 3 is 2.84 bits per heavy atom. The van der Waals surface area contributed by atoms with E-state index in [0.717, 1.165) is 16.4 Å². The zero-order valence-electron chi connectivity index (χ0n) is 10.7. The Labute approximate surface area is 109 Å². The van der Waals surface area contributed by atoms with Gasteiger partial charge in [-0.1, -0.05) is 18.2 Å². The number of rotatable bonds is 2. The van der Waals surface area contributed by atoms with Gasteiger partial charge in [-0.25, -0.2) is 9.78 Å². The highest BCUT2D eigenvalue weighted by molar-refractivity contribution is 6.03. The average molecular weight is 255 g/mol. The summed E-state index contributed by atoms with van der Waals surface area (Å²) in [6.45, 7) is 3.61. The van der Waals surface area contributed by atoms with Crippen molar-refractivity contribution in [1.29, 1.82) is 0 Å². The second kappa shape index (κ2) is 4.35. The van der Waals surface area contributed by atoms with E-state index in [0.29, 0.717) is 5.52 Å². The van der Waals surface area contributed by atoms with Gasteiger partial charge in [-0.3, -0.25) is 4.98 Å². The first-order valence-corrected chi connectivity index (χ1v) is 6.09. The van der Waals surface area contributed by atoms with Gasteiger partial charge in [0.25, 0.3) is 0 Å². The van der Waals surface area contributed by atoms with Crippen molar-refractivity contribution >= 4 is 27.9 Å². The molecule has 0 saturated heterocycles. The molecule has 0 saturated carbocycles. The number of benzene rings is 1. The van der Waals surface area contributed by atoms with Crippen molar-refractivity contribution < 1.29 is 9.53 Å². The van der Waals surface area contributed by atoms with Crippen molar-refractivity contribution in [2.75, 3.05) is 0 Å². The van der Waals surface area contributed by atoms with E-state index in [1.54, 1.807) is 20.0 Å². The summed E-state index contributed by atoms with van der Waals surface area (Å²) in [6, 6.07) is 7.71. The van der Waals surface area contributed by atoms with Crippen molar-refractivity contribution in [3.8, 4) is 0 Å². The van der Waals surface area contributed by atoms with Gasteiger partial charge < -0.3 is 9.72 Å². The second-order valence-electron chi connectivity index (χ2n) is 4.58. The standard InChI is InChI=1S/C14H13N3O2/c1-8(2)19-14(18)13-16-11-7-15-10-6-4-3-5-9(10)12(11)17-13/h3-8H,1-2H3,(H,16,17). The molecule has 5 nitrogen and oxygen atoms in total. The fraction of sp³-hybridized carbons (Fsp3) is 0.214. The number of ether oxygens (including phenoxy) is 1. The number of imidazole rings is 1. The van der Waals surface area contributed by atoms with Gasteiger partial charge in [-0.15, -0.1) is 0 Å². The molecule has 96 valence electrons. The molecule has 0 spiro atoms. The topological polar surface area (TPSA) is 67.9 Å². The largest absolute Gasteiger partial charge is 0.457 e. The molecule has 0 radical (unpaired) electrons. The lowest BCUT2D eigenvalue weighted by Gasteiger charge is -2.04. The minimum absolute atomic E-state index is 0.171. The van der Waals surface area contributed by atoms with Crippen LogP contribution in [0.3, 0.4) is 0 Å². The van der Waals surface area contributed by atoms with Crippen LogP contribution in [0.15, 0.2) is 30.5 Å². The van der Waals surface area contributed by atoms with Crippen LogP contribution in [0.1, 0.15) is 24.5 Å². The van der Waals surface area contributed by atoms with Crippen LogP contribution < -0.4 is 0 Å². The summed E-state index contributed by atoms with van der Waals surface area (Å²) in [5.41, 5.74) is 2.33. The molecule has 2 aromatic heterocycles. The molecule has 0 aliphatic rings. The van der Waals surface area contributed by atoms with Crippen LogP contribution in [-0.4, -0.2) is 27.0 Å². The summed E-state index contributed by atoms with van der Waals surface area (Å²) in [4.78, 5) is 23.4.